The summed E-state index contributed by atoms with van der Waals surface area (Å²) in [7, 11) is 0. The summed E-state index contributed by atoms with van der Waals surface area (Å²) in [6.45, 7) is 6.29. The fourth-order valence-corrected chi connectivity index (χ4v) is 1.66. The molecular weight excluding hydrogens is 196 g/mol. The molecule has 0 saturated carbocycles. The van der Waals surface area contributed by atoms with Crippen molar-refractivity contribution in [3.8, 4) is 0 Å². The Balaban J connectivity index is 2.65. The molecule has 0 aromatic carbocycles. The zero-order chi connectivity index (χ0) is 11.6. The van der Waals surface area contributed by atoms with E-state index in [1.807, 2.05) is 20.8 Å². The Morgan fingerprint density at radius 2 is 2.13 bits per heavy atom. The van der Waals surface area contributed by atoms with E-state index in [0.717, 1.165) is 6.42 Å². The second-order valence-electron chi connectivity index (χ2n) is 4.98. The van der Waals surface area contributed by atoms with Crippen LogP contribution in [0, 0.1) is 0 Å². The third kappa shape index (κ3) is 3.77. The molecule has 5 heteroatoms. The number of carboxylic acid groups (broad SMARTS) is 1. The molecule has 0 spiro atoms. The first-order valence-electron chi connectivity index (χ1n) is 5.24. The molecule has 1 aliphatic rings. The van der Waals surface area contributed by atoms with Crippen LogP contribution >= 0.6 is 0 Å². The van der Waals surface area contributed by atoms with E-state index in [1.54, 1.807) is 5.06 Å². The lowest BCUT2D eigenvalue weighted by Crippen LogP contribution is -2.52. The molecule has 1 aliphatic heterocycles. The number of aliphatic carboxylic acids is 1. The van der Waals surface area contributed by atoms with Gasteiger partial charge in [-0.05, 0) is 33.6 Å². The zero-order valence-corrected chi connectivity index (χ0v) is 9.56. The lowest BCUT2D eigenvalue weighted by Gasteiger charge is -2.38. The average molecular weight is 216 g/mol. The number of nitrogens with two attached hydrogens (primary N) is 1. The summed E-state index contributed by atoms with van der Waals surface area (Å²) in [6, 6.07) is -0.654. The molecule has 1 saturated heterocycles. The molecule has 2 unspecified atom stereocenters. The highest BCUT2D eigenvalue weighted by atomic mass is 16.7. The normalized spacial score (nSPS) is 29.1. The molecule has 0 aliphatic carbocycles. The van der Waals surface area contributed by atoms with Gasteiger partial charge in [0.05, 0.1) is 5.60 Å². The van der Waals surface area contributed by atoms with Crippen molar-refractivity contribution in [3.63, 3.8) is 0 Å². The largest absolute Gasteiger partial charge is 0.480 e. The number of hydrogen-bond acceptors (Lipinski definition) is 4. The van der Waals surface area contributed by atoms with Crippen molar-refractivity contribution in [1.29, 1.82) is 0 Å². The summed E-state index contributed by atoms with van der Waals surface area (Å²) in [4.78, 5) is 16.6. The fourth-order valence-electron chi connectivity index (χ4n) is 1.66. The van der Waals surface area contributed by atoms with Crippen molar-refractivity contribution in [1.82, 2.24) is 5.06 Å². The number of hydrogen-bond donors (Lipinski definition) is 2. The highest BCUT2D eigenvalue weighted by Crippen LogP contribution is 2.21. The van der Waals surface area contributed by atoms with Gasteiger partial charge >= 0.3 is 5.97 Å². The third-order valence-electron chi connectivity index (χ3n) is 2.27. The van der Waals surface area contributed by atoms with Crippen LogP contribution in [0.25, 0.3) is 0 Å². The number of carbonyl (C=O) groups is 1. The molecule has 0 radical (unpaired) electrons. The van der Waals surface area contributed by atoms with E-state index in [-0.39, 0.29) is 11.6 Å². The zero-order valence-electron chi connectivity index (χ0n) is 9.56. The fraction of sp³-hybridized carbons (Fsp3) is 0.900. The van der Waals surface area contributed by atoms with Gasteiger partial charge in [0.1, 0.15) is 6.04 Å². The average Bonchev–Trinajstić information content (AvgIpc) is 2.05. The highest BCUT2D eigenvalue weighted by Gasteiger charge is 2.35. The van der Waals surface area contributed by atoms with Crippen LogP contribution in [0.15, 0.2) is 0 Å². The van der Waals surface area contributed by atoms with Crippen LogP contribution in [0.2, 0.25) is 0 Å². The Kier molecular flexibility index (Phi) is 3.70. The van der Waals surface area contributed by atoms with Gasteiger partial charge in [-0.25, -0.2) is 0 Å². The van der Waals surface area contributed by atoms with Gasteiger partial charge in [0.25, 0.3) is 0 Å². The van der Waals surface area contributed by atoms with Crippen molar-refractivity contribution >= 4 is 5.97 Å². The summed E-state index contributed by atoms with van der Waals surface area (Å²) >= 11 is 0. The third-order valence-corrected chi connectivity index (χ3v) is 2.27. The summed E-state index contributed by atoms with van der Waals surface area (Å²) in [5.41, 5.74) is 5.38. The molecule has 0 aromatic heterocycles. The van der Waals surface area contributed by atoms with Crippen LogP contribution in [-0.2, 0) is 9.63 Å². The monoisotopic (exact) mass is 216 g/mol. The Morgan fingerprint density at radius 3 is 2.60 bits per heavy atom. The Hall–Kier alpha value is -0.650. The van der Waals surface area contributed by atoms with E-state index >= 15 is 0 Å². The molecule has 88 valence electrons. The van der Waals surface area contributed by atoms with E-state index in [4.69, 9.17) is 15.7 Å². The minimum absolute atomic E-state index is 0.0362. The van der Waals surface area contributed by atoms with Gasteiger partial charge in [-0.2, -0.15) is 5.06 Å². The van der Waals surface area contributed by atoms with Gasteiger partial charge in [-0.15, -0.1) is 0 Å². The van der Waals surface area contributed by atoms with Gasteiger partial charge in [-0.1, -0.05) is 0 Å². The quantitative estimate of drug-likeness (QED) is 0.706. The molecule has 1 rings (SSSR count). The predicted molar refractivity (Wildman–Crippen MR) is 56.2 cm³/mol. The van der Waals surface area contributed by atoms with Gasteiger partial charge in [0, 0.05) is 12.6 Å². The second-order valence-corrected chi connectivity index (χ2v) is 4.98. The summed E-state index contributed by atoms with van der Waals surface area (Å²) in [6.07, 6.45) is 1.23. The highest BCUT2D eigenvalue weighted by molar-refractivity contribution is 5.73. The lowest BCUT2D eigenvalue weighted by atomic mass is 10.00. The summed E-state index contributed by atoms with van der Waals surface area (Å²) < 4.78 is 0. The van der Waals surface area contributed by atoms with Gasteiger partial charge < -0.3 is 10.8 Å². The van der Waals surface area contributed by atoms with Crippen molar-refractivity contribution < 1.29 is 14.7 Å². The SMILES string of the molecule is CC(C)(C)ON1CCC(N)CC1C(=O)O. The molecule has 1 fully saturated rings. The number of piperidine rings is 1. The van der Waals surface area contributed by atoms with E-state index in [2.05, 4.69) is 0 Å². The van der Waals surface area contributed by atoms with Crippen LogP contribution in [0.5, 0.6) is 0 Å². The number of nitrogens with zero attached hydrogens (tertiary/aromatic N) is 1. The van der Waals surface area contributed by atoms with Crippen LogP contribution < -0.4 is 5.73 Å². The Bertz CT molecular complexity index is 237. The molecule has 5 nitrogen and oxygen atoms in total. The van der Waals surface area contributed by atoms with Gasteiger partial charge in [0.2, 0.25) is 0 Å². The predicted octanol–water partition coefficient (Wildman–Crippen LogP) is 0.593. The molecule has 1 heterocycles. The lowest BCUT2D eigenvalue weighted by molar-refractivity contribution is -0.259. The van der Waals surface area contributed by atoms with E-state index < -0.39 is 12.0 Å². The van der Waals surface area contributed by atoms with Crippen LogP contribution in [0.3, 0.4) is 0 Å². The molecule has 2 atom stereocenters. The molecule has 0 aromatic rings. The van der Waals surface area contributed by atoms with Crippen molar-refractivity contribution in [2.45, 2.75) is 51.3 Å². The maximum Gasteiger partial charge on any atom is 0.323 e. The summed E-state index contributed by atoms with van der Waals surface area (Å²) in [5, 5.41) is 10.6. The molecule has 15 heavy (non-hydrogen) atoms. The van der Waals surface area contributed by atoms with Crippen LogP contribution in [0.4, 0.5) is 0 Å². The van der Waals surface area contributed by atoms with Crippen molar-refractivity contribution in [3.05, 3.63) is 0 Å². The number of rotatable bonds is 2. The standard InChI is InChI=1S/C10H20N2O3/c1-10(2,3)15-12-5-4-7(11)6-8(12)9(13)14/h7-8H,4-6,11H2,1-3H3,(H,13,14). The van der Waals surface area contributed by atoms with Gasteiger partial charge in [0.15, 0.2) is 0 Å². The first kappa shape index (κ1) is 12.4. The van der Waals surface area contributed by atoms with E-state index in [9.17, 15) is 4.79 Å². The van der Waals surface area contributed by atoms with Gasteiger partial charge in [-0.3, -0.25) is 9.63 Å². The number of hydroxylamine groups is 2. The Labute approximate surface area is 90.1 Å². The van der Waals surface area contributed by atoms with E-state index in [0.29, 0.717) is 13.0 Å². The minimum atomic E-state index is -0.866. The maximum atomic E-state index is 11.0. The van der Waals surface area contributed by atoms with Crippen LogP contribution in [0.1, 0.15) is 33.6 Å². The Morgan fingerprint density at radius 1 is 1.53 bits per heavy atom. The second kappa shape index (κ2) is 4.47. The first-order chi connectivity index (χ1) is 6.79. The summed E-state index contributed by atoms with van der Waals surface area (Å²) in [5.74, 6) is -0.866. The van der Waals surface area contributed by atoms with E-state index in [1.165, 1.54) is 0 Å². The van der Waals surface area contributed by atoms with Crippen LogP contribution in [-0.4, -0.2) is 40.4 Å². The van der Waals surface area contributed by atoms with Crippen molar-refractivity contribution in [2.75, 3.05) is 6.54 Å². The smallest absolute Gasteiger partial charge is 0.323 e. The molecular formula is C10H20N2O3. The molecule has 3 N–H and O–H groups in total. The maximum absolute atomic E-state index is 11.0. The van der Waals surface area contributed by atoms with Crippen molar-refractivity contribution in [2.24, 2.45) is 5.73 Å². The first-order valence-corrected chi connectivity index (χ1v) is 5.24. The molecule has 0 amide bonds. The minimum Gasteiger partial charge on any atom is -0.480 e. The topological polar surface area (TPSA) is 75.8 Å². The number of carboxylic acids is 1. The molecule has 0 bridgehead atoms.